The summed E-state index contributed by atoms with van der Waals surface area (Å²) in [6.45, 7) is 4.74. The first-order valence-corrected chi connectivity index (χ1v) is 8.12. The van der Waals surface area contributed by atoms with Crippen molar-refractivity contribution in [3.63, 3.8) is 0 Å². The van der Waals surface area contributed by atoms with Gasteiger partial charge < -0.3 is 0 Å². The van der Waals surface area contributed by atoms with Gasteiger partial charge in [0.05, 0.1) is 9.37 Å². The lowest BCUT2D eigenvalue weighted by Crippen LogP contribution is -2.32. The number of sulfonamides is 1. The molecule has 1 aromatic carbocycles. The summed E-state index contributed by atoms with van der Waals surface area (Å²) in [4.78, 5) is 0.00472. The summed E-state index contributed by atoms with van der Waals surface area (Å²) in [7, 11) is -3.59. The fourth-order valence-electron chi connectivity index (χ4n) is 1.64. The van der Waals surface area contributed by atoms with Crippen LogP contribution in [0.3, 0.4) is 0 Å². The topological polar surface area (TPSA) is 37.4 Å². The third kappa shape index (κ3) is 3.52. The first kappa shape index (κ1) is 15.6. The second-order valence-electron chi connectivity index (χ2n) is 3.98. The van der Waals surface area contributed by atoms with Crippen LogP contribution in [0.2, 0.25) is 0 Å². The van der Waals surface area contributed by atoms with E-state index >= 15 is 0 Å². The zero-order chi connectivity index (χ0) is 13.8. The standard InChI is InChI=1S/C12H17BrFNO2S/c1-3-7-15(8-4-2)18(16,17)10-5-6-11(13)12(14)9-10/h5-6,9H,3-4,7-8H2,1-2H3. The molecule has 0 spiro atoms. The molecule has 0 amide bonds. The van der Waals surface area contributed by atoms with Gasteiger partial charge in [-0.3, -0.25) is 0 Å². The Morgan fingerprint density at radius 2 is 1.78 bits per heavy atom. The van der Waals surface area contributed by atoms with E-state index in [0.29, 0.717) is 13.1 Å². The quantitative estimate of drug-likeness (QED) is 0.797. The summed E-state index contributed by atoms with van der Waals surface area (Å²) in [5, 5.41) is 0. The summed E-state index contributed by atoms with van der Waals surface area (Å²) in [5.41, 5.74) is 0. The summed E-state index contributed by atoms with van der Waals surface area (Å²) in [6, 6.07) is 3.89. The van der Waals surface area contributed by atoms with Crippen LogP contribution in [0.15, 0.2) is 27.6 Å². The van der Waals surface area contributed by atoms with E-state index in [0.717, 1.165) is 18.9 Å². The van der Waals surface area contributed by atoms with Crippen molar-refractivity contribution in [1.29, 1.82) is 0 Å². The second kappa shape index (κ2) is 6.63. The Hall–Kier alpha value is -0.460. The largest absolute Gasteiger partial charge is 0.243 e. The van der Waals surface area contributed by atoms with Crippen molar-refractivity contribution in [3.8, 4) is 0 Å². The number of halogens is 2. The van der Waals surface area contributed by atoms with Crippen LogP contribution in [0, 0.1) is 5.82 Å². The number of rotatable bonds is 6. The van der Waals surface area contributed by atoms with Gasteiger partial charge in [0, 0.05) is 13.1 Å². The minimum absolute atomic E-state index is 0.00472. The van der Waals surface area contributed by atoms with Gasteiger partial charge >= 0.3 is 0 Å². The molecule has 0 N–H and O–H groups in total. The average Bonchev–Trinajstić information content (AvgIpc) is 2.32. The molecule has 0 aliphatic carbocycles. The van der Waals surface area contributed by atoms with Crippen molar-refractivity contribution in [1.82, 2.24) is 4.31 Å². The zero-order valence-corrected chi connectivity index (χ0v) is 12.9. The molecule has 3 nitrogen and oxygen atoms in total. The molecule has 0 aliphatic rings. The third-order valence-corrected chi connectivity index (χ3v) is 5.01. The Labute approximate surface area is 116 Å². The van der Waals surface area contributed by atoms with Crippen LogP contribution in [0.5, 0.6) is 0 Å². The van der Waals surface area contributed by atoms with Crippen LogP contribution in [0.1, 0.15) is 26.7 Å². The van der Waals surface area contributed by atoms with Gasteiger partial charge in [-0.15, -0.1) is 0 Å². The normalized spacial score (nSPS) is 12.1. The van der Waals surface area contributed by atoms with Gasteiger partial charge in [-0.05, 0) is 47.0 Å². The maximum atomic E-state index is 13.4. The molecule has 0 unspecified atom stereocenters. The molecule has 0 aliphatic heterocycles. The van der Waals surface area contributed by atoms with E-state index in [1.54, 1.807) is 0 Å². The maximum absolute atomic E-state index is 13.4. The highest BCUT2D eigenvalue weighted by Crippen LogP contribution is 2.22. The smallest absolute Gasteiger partial charge is 0.207 e. The van der Waals surface area contributed by atoms with Crippen molar-refractivity contribution in [2.45, 2.75) is 31.6 Å². The fraction of sp³-hybridized carbons (Fsp3) is 0.500. The lowest BCUT2D eigenvalue weighted by molar-refractivity contribution is 0.409. The van der Waals surface area contributed by atoms with Crippen LogP contribution in [0.4, 0.5) is 4.39 Å². The molecule has 0 saturated carbocycles. The molecule has 0 bridgehead atoms. The molecule has 1 rings (SSSR count). The van der Waals surface area contributed by atoms with Crippen LogP contribution in [0.25, 0.3) is 0 Å². The van der Waals surface area contributed by atoms with Crippen molar-refractivity contribution in [3.05, 3.63) is 28.5 Å². The molecule has 0 saturated heterocycles. The molecule has 0 fully saturated rings. The highest BCUT2D eigenvalue weighted by atomic mass is 79.9. The maximum Gasteiger partial charge on any atom is 0.243 e. The first-order chi connectivity index (χ1) is 8.43. The van der Waals surface area contributed by atoms with Crippen molar-refractivity contribution >= 4 is 26.0 Å². The third-order valence-electron chi connectivity index (χ3n) is 2.47. The monoisotopic (exact) mass is 337 g/mol. The summed E-state index contributed by atoms with van der Waals surface area (Å²) < 4.78 is 39.7. The SMILES string of the molecule is CCCN(CCC)S(=O)(=O)c1ccc(Br)c(F)c1. The second-order valence-corrected chi connectivity index (χ2v) is 6.77. The highest BCUT2D eigenvalue weighted by molar-refractivity contribution is 9.10. The van der Waals surface area contributed by atoms with E-state index in [-0.39, 0.29) is 9.37 Å². The Bertz CT molecular complexity index is 499. The molecule has 0 heterocycles. The predicted molar refractivity (Wildman–Crippen MR) is 73.4 cm³/mol. The Kier molecular flexibility index (Phi) is 5.75. The molecule has 0 radical (unpaired) electrons. The fourth-order valence-corrected chi connectivity index (χ4v) is 3.52. The van der Waals surface area contributed by atoms with Crippen molar-refractivity contribution in [2.24, 2.45) is 0 Å². The molecule has 0 atom stereocenters. The van der Waals surface area contributed by atoms with E-state index < -0.39 is 15.8 Å². The number of benzene rings is 1. The van der Waals surface area contributed by atoms with E-state index in [4.69, 9.17) is 0 Å². The van der Waals surface area contributed by atoms with Crippen LogP contribution >= 0.6 is 15.9 Å². The first-order valence-electron chi connectivity index (χ1n) is 5.88. The Balaban J connectivity index is 3.13. The predicted octanol–water partition coefficient (Wildman–Crippen LogP) is 3.40. The van der Waals surface area contributed by atoms with Gasteiger partial charge in [-0.1, -0.05) is 13.8 Å². The molecule has 1 aromatic rings. The summed E-state index contributed by atoms with van der Waals surface area (Å²) in [6.07, 6.45) is 1.47. The Morgan fingerprint density at radius 1 is 1.22 bits per heavy atom. The molecular weight excluding hydrogens is 321 g/mol. The van der Waals surface area contributed by atoms with E-state index in [1.165, 1.54) is 16.4 Å². The summed E-state index contributed by atoms with van der Waals surface area (Å²) in [5.74, 6) is -0.566. The van der Waals surface area contributed by atoms with E-state index in [2.05, 4.69) is 15.9 Å². The van der Waals surface area contributed by atoms with E-state index in [1.807, 2.05) is 13.8 Å². The average molecular weight is 338 g/mol. The highest BCUT2D eigenvalue weighted by Gasteiger charge is 2.23. The minimum atomic E-state index is -3.59. The van der Waals surface area contributed by atoms with Crippen LogP contribution in [-0.4, -0.2) is 25.8 Å². The molecular formula is C12H17BrFNO2S. The molecule has 102 valence electrons. The molecule has 6 heteroatoms. The van der Waals surface area contributed by atoms with Crippen LogP contribution < -0.4 is 0 Å². The number of hydrogen-bond acceptors (Lipinski definition) is 2. The lowest BCUT2D eigenvalue weighted by atomic mass is 10.3. The lowest BCUT2D eigenvalue weighted by Gasteiger charge is -2.21. The number of nitrogens with zero attached hydrogens (tertiary/aromatic N) is 1. The van der Waals surface area contributed by atoms with Gasteiger partial charge in [0.1, 0.15) is 5.82 Å². The summed E-state index contributed by atoms with van der Waals surface area (Å²) >= 11 is 3.01. The van der Waals surface area contributed by atoms with Gasteiger partial charge in [-0.2, -0.15) is 4.31 Å². The minimum Gasteiger partial charge on any atom is -0.207 e. The van der Waals surface area contributed by atoms with Gasteiger partial charge in [0.2, 0.25) is 10.0 Å². The van der Waals surface area contributed by atoms with Gasteiger partial charge in [-0.25, -0.2) is 12.8 Å². The van der Waals surface area contributed by atoms with Crippen molar-refractivity contribution < 1.29 is 12.8 Å². The molecule has 18 heavy (non-hydrogen) atoms. The van der Waals surface area contributed by atoms with Crippen molar-refractivity contribution in [2.75, 3.05) is 13.1 Å². The Morgan fingerprint density at radius 3 is 2.22 bits per heavy atom. The van der Waals surface area contributed by atoms with Gasteiger partial charge in [0.15, 0.2) is 0 Å². The zero-order valence-electron chi connectivity index (χ0n) is 10.5. The van der Waals surface area contributed by atoms with Crippen LogP contribution in [-0.2, 0) is 10.0 Å². The molecule has 0 aromatic heterocycles. The van der Waals surface area contributed by atoms with Gasteiger partial charge in [0.25, 0.3) is 0 Å². The number of hydrogen-bond donors (Lipinski definition) is 0. The van der Waals surface area contributed by atoms with E-state index in [9.17, 15) is 12.8 Å².